The molecule has 0 heterocycles. The molecule has 1 N–H and O–H groups in total. The molecule has 0 aliphatic heterocycles. The van der Waals surface area contributed by atoms with Gasteiger partial charge in [-0.25, -0.2) is 0 Å². The standard InChI is InChI=1S/C13H25NO2/c1-4-5-11-6-8-12(9-7-11)14-13(15)10(2)16-3/h10-12H,4-9H2,1-3H3,(H,14,15). The van der Waals surface area contributed by atoms with Gasteiger partial charge in [-0.2, -0.15) is 0 Å². The number of hydrogen-bond donors (Lipinski definition) is 1. The fraction of sp³-hybridized carbons (Fsp3) is 0.923. The quantitative estimate of drug-likeness (QED) is 0.783. The van der Waals surface area contributed by atoms with Crippen LogP contribution in [0.1, 0.15) is 52.4 Å². The molecule has 1 amide bonds. The average molecular weight is 227 g/mol. The van der Waals surface area contributed by atoms with Crippen molar-refractivity contribution in [3.05, 3.63) is 0 Å². The highest BCUT2D eigenvalue weighted by atomic mass is 16.5. The van der Waals surface area contributed by atoms with E-state index in [1.54, 1.807) is 14.0 Å². The SMILES string of the molecule is CCCC1CCC(NC(=O)C(C)OC)CC1. The van der Waals surface area contributed by atoms with Crippen LogP contribution < -0.4 is 5.32 Å². The highest BCUT2D eigenvalue weighted by molar-refractivity contribution is 5.80. The lowest BCUT2D eigenvalue weighted by atomic mass is 9.83. The Kier molecular flexibility index (Phi) is 5.81. The van der Waals surface area contributed by atoms with E-state index in [-0.39, 0.29) is 12.0 Å². The van der Waals surface area contributed by atoms with E-state index < -0.39 is 0 Å². The maximum atomic E-state index is 11.6. The Balaban J connectivity index is 2.24. The Labute approximate surface area is 98.9 Å². The van der Waals surface area contributed by atoms with E-state index in [1.165, 1.54) is 25.7 Å². The second kappa shape index (κ2) is 6.89. The molecule has 1 atom stereocenters. The Morgan fingerprint density at radius 1 is 1.38 bits per heavy atom. The van der Waals surface area contributed by atoms with Gasteiger partial charge in [0.2, 0.25) is 5.91 Å². The Morgan fingerprint density at radius 3 is 2.50 bits per heavy atom. The smallest absolute Gasteiger partial charge is 0.249 e. The van der Waals surface area contributed by atoms with Crippen LogP contribution in [0.3, 0.4) is 0 Å². The zero-order valence-corrected chi connectivity index (χ0v) is 10.8. The second-order valence-electron chi connectivity index (χ2n) is 4.89. The number of ether oxygens (including phenoxy) is 1. The summed E-state index contributed by atoms with van der Waals surface area (Å²) in [4.78, 5) is 11.6. The van der Waals surface area contributed by atoms with Crippen molar-refractivity contribution in [2.24, 2.45) is 5.92 Å². The van der Waals surface area contributed by atoms with Gasteiger partial charge in [0.15, 0.2) is 0 Å². The van der Waals surface area contributed by atoms with Crippen LogP contribution in [0, 0.1) is 5.92 Å². The lowest BCUT2D eigenvalue weighted by Crippen LogP contribution is -2.42. The number of amides is 1. The van der Waals surface area contributed by atoms with Crippen molar-refractivity contribution in [2.75, 3.05) is 7.11 Å². The minimum absolute atomic E-state index is 0.0291. The summed E-state index contributed by atoms with van der Waals surface area (Å²) in [5.74, 6) is 0.916. The molecule has 16 heavy (non-hydrogen) atoms. The predicted molar refractivity (Wildman–Crippen MR) is 65.3 cm³/mol. The van der Waals surface area contributed by atoms with E-state index in [0.717, 1.165) is 18.8 Å². The first kappa shape index (κ1) is 13.5. The van der Waals surface area contributed by atoms with Gasteiger partial charge in [0.1, 0.15) is 6.10 Å². The minimum atomic E-state index is -0.326. The van der Waals surface area contributed by atoms with Crippen molar-refractivity contribution in [1.29, 1.82) is 0 Å². The van der Waals surface area contributed by atoms with Crippen molar-refractivity contribution in [2.45, 2.75) is 64.5 Å². The molecular weight excluding hydrogens is 202 g/mol. The normalized spacial score (nSPS) is 27.4. The van der Waals surface area contributed by atoms with Crippen LogP contribution in [0.15, 0.2) is 0 Å². The third kappa shape index (κ3) is 4.12. The van der Waals surface area contributed by atoms with Gasteiger partial charge in [-0.1, -0.05) is 19.8 Å². The molecule has 1 aliphatic carbocycles. The summed E-state index contributed by atoms with van der Waals surface area (Å²) in [7, 11) is 1.57. The van der Waals surface area contributed by atoms with Crippen molar-refractivity contribution < 1.29 is 9.53 Å². The zero-order chi connectivity index (χ0) is 12.0. The molecule has 3 heteroatoms. The average Bonchev–Trinajstić information content (AvgIpc) is 2.31. The van der Waals surface area contributed by atoms with Crippen LogP contribution in [0.5, 0.6) is 0 Å². The molecule has 0 aromatic rings. The van der Waals surface area contributed by atoms with E-state index in [1.807, 2.05) is 0 Å². The summed E-state index contributed by atoms with van der Waals surface area (Å²) in [6.45, 7) is 4.03. The second-order valence-corrected chi connectivity index (χ2v) is 4.89. The molecule has 1 unspecified atom stereocenters. The summed E-state index contributed by atoms with van der Waals surface area (Å²) in [6.07, 6.45) is 7.09. The van der Waals surface area contributed by atoms with Gasteiger partial charge in [-0.3, -0.25) is 4.79 Å². The van der Waals surface area contributed by atoms with E-state index >= 15 is 0 Å². The van der Waals surface area contributed by atoms with Crippen LogP contribution in [0.2, 0.25) is 0 Å². The summed E-state index contributed by atoms with van der Waals surface area (Å²) >= 11 is 0. The van der Waals surface area contributed by atoms with Crippen molar-refractivity contribution >= 4 is 5.91 Å². The van der Waals surface area contributed by atoms with E-state index in [2.05, 4.69) is 12.2 Å². The van der Waals surface area contributed by atoms with Gasteiger partial charge in [-0.15, -0.1) is 0 Å². The van der Waals surface area contributed by atoms with Gasteiger partial charge in [0.05, 0.1) is 0 Å². The number of rotatable bonds is 5. The molecule has 1 aliphatic rings. The number of carbonyl (C=O) groups excluding carboxylic acids is 1. The monoisotopic (exact) mass is 227 g/mol. The first-order chi connectivity index (χ1) is 7.67. The lowest BCUT2D eigenvalue weighted by Gasteiger charge is -2.29. The summed E-state index contributed by atoms with van der Waals surface area (Å²) in [5.41, 5.74) is 0. The van der Waals surface area contributed by atoms with Gasteiger partial charge < -0.3 is 10.1 Å². The molecule has 0 spiro atoms. The molecular formula is C13H25NO2. The molecule has 1 rings (SSSR count). The fourth-order valence-corrected chi connectivity index (χ4v) is 2.43. The molecule has 3 nitrogen and oxygen atoms in total. The molecule has 94 valence electrons. The highest BCUT2D eigenvalue weighted by Gasteiger charge is 2.23. The number of carbonyl (C=O) groups is 1. The van der Waals surface area contributed by atoms with Crippen molar-refractivity contribution in [3.63, 3.8) is 0 Å². The van der Waals surface area contributed by atoms with Gasteiger partial charge >= 0.3 is 0 Å². The van der Waals surface area contributed by atoms with Crippen LogP contribution >= 0.6 is 0 Å². The summed E-state index contributed by atoms with van der Waals surface area (Å²) < 4.78 is 5.00. The number of nitrogens with one attached hydrogen (secondary N) is 1. The van der Waals surface area contributed by atoms with Crippen LogP contribution in [-0.4, -0.2) is 25.2 Å². The lowest BCUT2D eigenvalue weighted by molar-refractivity contribution is -0.131. The Bertz CT molecular complexity index is 210. The summed E-state index contributed by atoms with van der Waals surface area (Å²) in [6, 6.07) is 0.373. The number of methoxy groups -OCH3 is 1. The molecule has 1 fully saturated rings. The largest absolute Gasteiger partial charge is 0.372 e. The maximum absolute atomic E-state index is 11.6. The summed E-state index contributed by atoms with van der Waals surface area (Å²) in [5, 5.41) is 3.07. The predicted octanol–water partition coefficient (Wildman–Crippen LogP) is 2.50. The van der Waals surface area contributed by atoms with Crippen molar-refractivity contribution in [3.8, 4) is 0 Å². The van der Waals surface area contributed by atoms with E-state index in [0.29, 0.717) is 6.04 Å². The molecule has 0 radical (unpaired) electrons. The van der Waals surface area contributed by atoms with Crippen LogP contribution in [-0.2, 0) is 9.53 Å². The minimum Gasteiger partial charge on any atom is -0.372 e. The van der Waals surface area contributed by atoms with Gasteiger partial charge in [0, 0.05) is 13.2 Å². The zero-order valence-electron chi connectivity index (χ0n) is 10.8. The third-order valence-corrected chi connectivity index (χ3v) is 3.61. The Morgan fingerprint density at radius 2 is 2.00 bits per heavy atom. The van der Waals surface area contributed by atoms with Crippen LogP contribution in [0.4, 0.5) is 0 Å². The maximum Gasteiger partial charge on any atom is 0.249 e. The highest BCUT2D eigenvalue weighted by Crippen LogP contribution is 2.27. The molecule has 0 bridgehead atoms. The molecule has 0 saturated heterocycles. The van der Waals surface area contributed by atoms with Crippen LogP contribution in [0.25, 0.3) is 0 Å². The third-order valence-electron chi connectivity index (χ3n) is 3.61. The van der Waals surface area contributed by atoms with E-state index in [4.69, 9.17) is 4.74 Å². The topological polar surface area (TPSA) is 38.3 Å². The Hall–Kier alpha value is -0.570. The first-order valence-corrected chi connectivity index (χ1v) is 6.50. The molecule has 0 aromatic carbocycles. The van der Waals surface area contributed by atoms with Gasteiger partial charge in [0.25, 0.3) is 0 Å². The van der Waals surface area contributed by atoms with Crippen molar-refractivity contribution in [1.82, 2.24) is 5.32 Å². The number of hydrogen-bond acceptors (Lipinski definition) is 2. The first-order valence-electron chi connectivity index (χ1n) is 6.50. The fourth-order valence-electron chi connectivity index (χ4n) is 2.43. The molecule has 0 aromatic heterocycles. The van der Waals surface area contributed by atoms with Gasteiger partial charge in [-0.05, 0) is 38.5 Å². The van der Waals surface area contributed by atoms with E-state index in [9.17, 15) is 4.79 Å². The molecule has 1 saturated carbocycles.